The molecule has 106 valence electrons. The monoisotopic (exact) mass is 282 g/mol. The predicted octanol–water partition coefficient (Wildman–Crippen LogP) is 3.18. The predicted molar refractivity (Wildman–Crippen MR) is 80.7 cm³/mol. The summed E-state index contributed by atoms with van der Waals surface area (Å²) in [6, 6.07) is 8.53. The number of nitrogens with zero attached hydrogens (tertiary/aromatic N) is 1. The molecule has 0 saturated heterocycles. The van der Waals surface area contributed by atoms with Gasteiger partial charge in [-0.05, 0) is 43.2 Å². The van der Waals surface area contributed by atoms with Gasteiger partial charge in [0.25, 0.3) is 0 Å². The van der Waals surface area contributed by atoms with E-state index in [-0.39, 0.29) is 5.63 Å². The van der Waals surface area contributed by atoms with Crippen molar-refractivity contribution in [2.45, 2.75) is 13.8 Å². The summed E-state index contributed by atoms with van der Waals surface area (Å²) >= 11 is 0. The summed E-state index contributed by atoms with van der Waals surface area (Å²) in [5.74, 6) is 0.842. The van der Waals surface area contributed by atoms with Gasteiger partial charge in [-0.3, -0.25) is 0 Å². The minimum atomic E-state index is -0.384. The third-order valence-electron chi connectivity index (χ3n) is 3.15. The van der Waals surface area contributed by atoms with Crippen molar-refractivity contribution < 1.29 is 9.15 Å². The van der Waals surface area contributed by atoms with Crippen LogP contribution in [-0.4, -0.2) is 4.98 Å². The van der Waals surface area contributed by atoms with Crippen molar-refractivity contribution in [2.75, 3.05) is 5.73 Å². The molecule has 0 aliphatic carbocycles. The fourth-order valence-electron chi connectivity index (χ4n) is 2.14. The first-order chi connectivity index (χ1) is 10.0. The molecule has 0 atom stereocenters. The fraction of sp³-hybridized carbons (Fsp3) is 0.125. The number of nitrogens with two attached hydrogens (primary N) is 1. The Balaban J connectivity index is 2.03. The van der Waals surface area contributed by atoms with Crippen LogP contribution in [0.2, 0.25) is 0 Å². The van der Waals surface area contributed by atoms with Crippen LogP contribution < -0.4 is 16.1 Å². The Hall–Kier alpha value is -2.82. The van der Waals surface area contributed by atoms with Crippen LogP contribution in [0.25, 0.3) is 11.0 Å². The van der Waals surface area contributed by atoms with Crippen molar-refractivity contribution in [1.82, 2.24) is 4.98 Å². The first-order valence-electron chi connectivity index (χ1n) is 6.47. The van der Waals surface area contributed by atoms with Crippen molar-refractivity contribution in [2.24, 2.45) is 0 Å². The Labute approximate surface area is 121 Å². The lowest BCUT2D eigenvalue weighted by Gasteiger charge is -2.08. The molecule has 1 aromatic carbocycles. The van der Waals surface area contributed by atoms with Gasteiger partial charge >= 0.3 is 5.63 Å². The van der Waals surface area contributed by atoms with Crippen molar-refractivity contribution >= 4 is 16.7 Å². The van der Waals surface area contributed by atoms with Crippen LogP contribution in [0.15, 0.2) is 45.7 Å². The molecule has 5 heteroatoms. The Morgan fingerprint density at radius 1 is 1.19 bits per heavy atom. The standard InChI is InChI=1S/C16H14N2O3/c1-9-5-13(17)16(18-8-9)20-11-3-4-12-10(2)6-15(19)21-14(12)7-11/h3-8H,17H2,1-2H3. The summed E-state index contributed by atoms with van der Waals surface area (Å²) in [5.41, 5.74) is 8.24. The number of pyridine rings is 1. The minimum absolute atomic E-state index is 0.329. The number of aromatic nitrogens is 1. The molecule has 0 fully saturated rings. The van der Waals surface area contributed by atoms with E-state index in [0.29, 0.717) is 22.9 Å². The van der Waals surface area contributed by atoms with Crippen LogP contribution in [0.4, 0.5) is 5.69 Å². The van der Waals surface area contributed by atoms with Crippen molar-refractivity contribution in [1.29, 1.82) is 0 Å². The van der Waals surface area contributed by atoms with Gasteiger partial charge in [0.2, 0.25) is 5.88 Å². The zero-order chi connectivity index (χ0) is 15.0. The van der Waals surface area contributed by atoms with Crippen LogP contribution in [-0.2, 0) is 0 Å². The average Bonchev–Trinajstić information content (AvgIpc) is 2.41. The summed E-state index contributed by atoms with van der Waals surface area (Å²) in [5, 5.41) is 0.867. The Bertz CT molecular complexity index is 884. The molecule has 0 aliphatic rings. The Kier molecular flexibility index (Phi) is 3.10. The topological polar surface area (TPSA) is 78.3 Å². The molecule has 0 amide bonds. The van der Waals surface area contributed by atoms with E-state index in [2.05, 4.69) is 4.98 Å². The van der Waals surface area contributed by atoms with E-state index in [4.69, 9.17) is 14.9 Å². The van der Waals surface area contributed by atoms with Gasteiger partial charge < -0.3 is 14.9 Å². The van der Waals surface area contributed by atoms with E-state index in [1.54, 1.807) is 24.4 Å². The highest BCUT2D eigenvalue weighted by molar-refractivity contribution is 5.81. The summed E-state index contributed by atoms with van der Waals surface area (Å²) in [6.07, 6.45) is 1.68. The number of nitrogen functional groups attached to an aromatic ring is 1. The summed E-state index contributed by atoms with van der Waals surface area (Å²) in [6.45, 7) is 3.76. The number of benzene rings is 1. The summed E-state index contributed by atoms with van der Waals surface area (Å²) in [7, 11) is 0. The molecular formula is C16H14N2O3. The van der Waals surface area contributed by atoms with Crippen LogP contribution in [0, 0.1) is 13.8 Å². The number of ether oxygens (including phenoxy) is 1. The number of rotatable bonds is 2. The van der Waals surface area contributed by atoms with Crippen molar-refractivity contribution in [3.63, 3.8) is 0 Å². The summed E-state index contributed by atoms with van der Waals surface area (Å²) < 4.78 is 10.8. The van der Waals surface area contributed by atoms with E-state index < -0.39 is 0 Å². The zero-order valence-electron chi connectivity index (χ0n) is 11.7. The van der Waals surface area contributed by atoms with Gasteiger partial charge in [0, 0.05) is 23.7 Å². The highest BCUT2D eigenvalue weighted by Gasteiger charge is 2.07. The average molecular weight is 282 g/mol. The molecule has 2 N–H and O–H groups in total. The molecular weight excluding hydrogens is 268 g/mol. The van der Waals surface area contributed by atoms with Crippen LogP contribution in [0.3, 0.4) is 0 Å². The molecule has 0 radical (unpaired) electrons. The molecule has 0 aliphatic heterocycles. The number of fused-ring (bicyclic) bond motifs is 1. The molecule has 3 aromatic rings. The van der Waals surface area contributed by atoms with E-state index in [1.165, 1.54) is 6.07 Å². The van der Waals surface area contributed by atoms with Gasteiger partial charge in [-0.25, -0.2) is 9.78 Å². The Morgan fingerprint density at radius 3 is 2.76 bits per heavy atom. The third-order valence-corrected chi connectivity index (χ3v) is 3.15. The number of hydrogen-bond acceptors (Lipinski definition) is 5. The summed E-state index contributed by atoms with van der Waals surface area (Å²) in [4.78, 5) is 15.6. The third kappa shape index (κ3) is 2.58. The molecule has 0 unspecified atom stereocenters. The second kappa shape index (κ2) is 4.94. The maximum atomic E-state index is 11.4. The second-order valence-corrected chi connectivity index (χ2v) is 4.92. The largest absolute Gasteiger partial charge is 0.437 e. The zero-order valence-corrected chi connectivity index (χ0v) is 11.7. The van der Waals surface area contributed by atoms with Gasteiger partial charge in [0.15, 0.2) is 0 Å². The lowest BCUT2D eigenvalue weighted by Crippen LogP contribution is -1.98. The van der Waals surface area contributed by atoms with Crippen molar-refractivity contribution in [3.8, 4) is 11.6 Å². The van der Waals surface area contributed by atoms with E-state index in [1.807, 2.05) is 19.9 Å². The first kappa shape index (κ1) is 13.2. The molecule has 0 saturated carbocycles. The van der Waals surface area contributed by atoms with E-state index in [9.17, 15) is 4.79 Å². The molecule has 0 spiro atoms. The van der Waals surface area contributed by atoms with Gasteiger partial charge in [0.1, 0.15) is 11.3 Å². The SMILES string of the molecule is Cc1cnc(Oc2ccc3c(C)cc(=O)oc3c2)c(N)c1. The van der Waals surface area contributed by atoms with Crippen molar-refractivity contribution in [3.05, 3.63) is 58.1 Å². The highest BCUT2D eigenvalue weighted by atomic mass is 16.5. The maximum Gasteiger partial charge on any atom is 0.336 e. The second-order valence-electron chi connectivity index (χ2n) is 4.92. The van der Waals surface area contributed by atoms with E-state index in [0.717, 1.165) is 16.5 Å². The van der Waals surface area contributed by atoms with Gasteiger partial charge in [-0.2, -0.15) is 0 Å². The number of hydrogen-bond donors (Lipinski definition) is 1. The Morgan fingerprint density at radius 2 is 2.00 bits per heavy atom. The van der Waals surface area contributed by atoms with Crippen LogP contribution >= 0.6 is 0 Å². The lowest BCUT2D eigenvalue weighted by molar-refractivity contribution is 0.463. The smallest absolute Gasteiger partial charge is 0.336 e. The number of aryl methyl sites for hydroxylation is 2. The van der Waals surface area contributed by atoms with Gasteiger partial charge in [0.05, 0.1) is 5.69 Å². The normalized spacial score (nSPS) is 10.8. The quantitative estimate of drug-likeness (QED) is 0.730. The number of anilines is 1. The minimum Gasteiger partial charge on any atom is -0.437 e. The highest BCUT2D eigenvalue weighted by Crippen LogP contribution is 2.28. The molecule has 0 bridgehead atoms. The lowest BCUT2D eigenvalue weighted by atomic mass is 10.1. The fourth-order valence-corrected chi connectivity index (χ4v) is 2.14. The first-order valence-corrected chi connectivity index (χ1v) is 6.47. The van der Waals surface area contributed by atoms with Gasteiger partial charge in [-0.15, -0.1) is 0 Å². The van der Waals surface area contributed by atoms with Crippen LogP contribution in [0.1, 0.15) is 11.1 Å². The molecule has 5 nitrogen and oxygen atoms in total. The van der Waals surface area contributed by atoms with Crippen LogP contribution in [0.5, 0.6) is 11.6 Å². The molecule has 2 heterocycles. The van der Waals surface area contributed by atoms with E-state index >= 15 is 0 Å². The molecule has 21 heavy (non-hydrogen) atoms. The molecule has 2 aromatic heterocycles. The maximum absolute atomic E-state index is 11.4. The van der Waals surface area contributed by atoms with Gasteiger partial charge in [-0.1, -0.05) is 0 Å². The molecule has 3 rings (SSSR count).